The SMILES string of the molecule is Nc1ncnc2c1ncn2[C@@H]1O[C@@H]2COP(=O)(O)S[C@H]2[C@H]1O. The minimum Gasteiger partial charge on any atom is -0.387 e. The van der Waals surface area contributed by atoms with Crippen LogP contribution in [0.5, 0.6) is 0 Å². The molecule has 0 radical (unpaired) electrons. The van der Waals surface area contributed by atoms with Crippen LogP contribution < -0.4 is 5.73 Å². The van der Waals surface area contributed by atoms with Crippen LogP contribution in [0.3, 0.4) is 0 Å². The first kappa shape index (κ1) is 14.4. The number of hydrogen-bond acceptors (Lipinski definition) is 9. The van der Waals surface area contributed by atoms with Gasteiger partial charge in [-0.05, 0) is 11.4 Å². The van der Waals surface area contributed by atoms with E-state index >= 15 is 0 Å². The molecule has 0 aliphatic carbocycles. The Bertz CT molecular complexity index is 786. The first-order chi connectivity index (χ1) is 10.5. The number of nitrogens with two attached hydrogens (primary N) is 1. The van der Waals surface area contributed by atoms with Gasteiger partial charge in [0.15, 0.2) is 17.7 Å². The number of fused-ring (bicyclic) bond motifs is 2. The fourth-order valence-electron chi connectivity index (χ4n) is 2.62. The molecule has 1 unspecified atom stereocenters. The molecule has 22 heavy (non-hydrogen) atoms. The van der Waals surface area contributed by atoms with Crippen LogP contribution in [0.2, 0.25) is 0 Å². The maximum Gasteiger partial charge on any atom is 0.387 e. The number of ether oxygens (including phenoxy) is 1. The predicted octanol–water partition coefficient (Wildman–Crippen LogP) is -0.101. The van der Waals surface area contributed by atoms with Crippen molar-refractivity contribution in [3.05, 3.63) is 12.7 Å². The van der Waals surface area contributed by atoms with Crippen LogP contribution in [0.25, 0.3) is 11.2 Å². The van der Waals surface area contributed by atoms with Crippen LogP contribution in [0, 0.1) is 0 Å². The zero-order valence-electron chi connectivity index (χ0n) is 11.0. The molecule has 0 bridgehead atoms. The smallest absolute Gasteiger partial charge is 0.387 e. The molecular formula is C10H12N5O5PS. The van der Waals surface area contributed by atoms with Gasteiger partial charge in [-0.2, -0.15) is 0 Å². The van der Waals surface area contributed by atoms with E-state index in [2.05, 4.69) is 15.0 Å². The van der Waals surface area contributed by atoms with Crippen LogP contribution in [0.15, 0.2) is 12.7 Å². The molecule has 4 rings (SSSR count). The lowest BCUT2D eigenvalue weighted by Gasteiger charge is -2.27. The highest BCUT2D eigenvalue weighted by atomic mass is 32.7. The molecule has 10 nitrogen and oxygen atoms in total. The van der Waals surface area contributed by atoms with Gasteiger partial charge in [0.1, 0.15) is 17.9 Å². The van der Waals surface area contributed by atoms with E-state index in [0.29, 0.717) is 22.5 Å². The number of imidazole rings is 1. The molecule has 4 heterocycles. The topological polar surface area (TPSA) is 146 Å². The van der Waals surface area contributed by atoms with Gasteiger partial charge in [-0.1, -0.05) is 0 Å². The minimum absolute atomic E-state index is 0.0528. The van der Waals surface area contributed by atoms with Gasteiger partial charge in [0.05, 0.1) is 24.3 Å². The van der Waals surface area contributed by atoms with Crippen molar-refractivity contribution < 1.29 is 23.8 Å². The number of anilines is 1. The molecule has 2 aliphatic rings. The highest BCUT2D eigenvalue weighted by Crippen LogP contribution is 2.64. The maximum absolute atomic E-state index is 11.6. The standard InChI is InChI=1S/C10H12N5O5PS/c11-8-5-9(13-2-12-8)15(3-14-5)10-6(16)7-4(20-10)1-19-21(17,18)22-7/h2-4,6-7,10,16H,1H2,(H,17,18)(H2,11,12,13)/t4-,6-,7-,10-/m1/s1. The van der Waals surface area contributed by atoms with E-state index in [1.165, 1.54) is 12.7 Å². The number of aliphatic hydroxyl groups excluding tert-OH is 1. The first-order valence-electron chi connectivity index (χ1n) is 6.38. The second kappa shape index (κ2) is 4.88. The Morgan fingerprint density at radius 3 is 3.09 bits per heavy atom. The number of rotatable bonds is 1. The Morgan fingerprint density at radius 2 is 2.27 bits per heavy atom. The first-order valence-corrected chi connectivity index (χ1v) is 9.45. The molecule has 12 heteroatoms. The van der Waals surface area contributed by atoms with Crippen LogP contribution in [0.4, 0.5) is 5.82 Å². The van der Waals surface area contributed by atoms with Crippen LogP contribution in [-0.4, -0.2) is 53.6 Å². The highest BCUT2D eigenvalue weighted by Gasteiger charge is 2.52. The van der Waals surface area contributed by atoms with E-state index in [-0.39, 0.29) is 12.4 Å². The van der Waals surface area contributed by atoms with Gasteiger partial charge < -0.3 is 20.5 Å². The van der Waals surface area contributed by atoms with Gasteiger partial charge >= 0.3 is 6.80 Å². The molecule has 0 spiro atoms. The lowest BCUT2D eigenvalue weighted by Crippen LogP contribution is -2.33. The monoisotopic (exact) mass is 345 g/mol. The Morgan fingerprint density at radius 1 is 1.45 bits per heavy atom. The number of aromatic nitrogens is 4. The predicted molar refractivity (Wildman–Crippen MR) is 76.8 cm³/mol. The van der Waals surface area contributed by atoms with E-state index in [1.54, 1.807) is 4.57 Å². The van der Waals surface area contributed by atoms with Crippen molar-refractivity contribution in [2.75, 3.05) is 12.3 Å². The van der Waals surface area contributed by atoms with E-state index in [4.69, 9.17) is 15.0 Å². The third kappa shape index (κ3) is 2.13. The highest BCUT2D eigenvalue weighted by molar-refractivity contribution is 8.55. The van der Waals surface area contributed by atoms with Gasteiger partial charge in [0, 0.05) is 0 Å². The van der Waals surface area contributed by atoms with E-state index in [1.807, 2.05) is 0 Å². The number of hydrogen-bond donors (Lipinski definition) is 3. The van der Waals surface area contributed by atoms with Crippen LogP contribution in [0.1, 0.15) is 6.23 Å². The summed E-state index contributed by atoms with van der Waals surface area (Å²) in [5, 5.41) is 9.90. The van der Waals surface area contributed by atoms with Crippen molar-refractivity contribution in [1.82, 2.24) is 19.5 Å². The molecule has 0 amide bonds. The second-order valence-corrected chi connectivity index (χ2v) is 8.94. The summed E-state index contributed by atoms with van der Waals surface area (Å²) >= 11 is 0.700. The fraction of sp³-hybridized carbons (Fsp3) is 0.500. The number of aliphatic hydroxyl groups is 1. The van der Waals surface area contributed by atoms with Crippen molar-refractivity contribution in [2.24, 2.45) is 0 Å². The largest absolute Gasteiger partial charge is 0.387 e. The van der Waals surface area contributed by atoms with Crippen molar-refractivity contribution in [1.29, 1.82) is 0 Å². The van der Waals surface area contributed by atoms with E-state index < -0.39 is 30.5 Å². The molecule has 2 aliphatic heterocycles. The summed E-state index contributed by atoms with van der Waals surface area (Å²) in [7, 11) is 0. The van der Waals surface area contributed by atoms with Gasteiger partial charge in [0.25, 0.3) is 0 Å². The average Bonchev–Trinajstić information content (AvgIpc) is 3.01. The van der Waals surface area contributed by atoms with Crippen LogP contribution in [-0.2, 0) is 13.8 Å². The average molecular weight is 345 g/mol. The summed E-state index contributed by atoms with van der Waals surface area (Å²) in [6, 6.07) is 0. The van der Waals surface area contributed by atoms with Gasteiger partial charge in [-0.15, -0.1) is 0 Å². The van der Waals surface area contributed by atoms with E-state index in [9.17, 15) is 14.6 Å². The van der Waals surface area contributed by atoms with Gasteiger partial charge in [0.2, 0.25) is 0 Å². The molecule has 5 atom stereocenters. The summed E-state index contributed by atoms with van der Waals surface area (Å²) in [6.45, 7) is -3.80. The van der Waals surface area contributed by atoms with Gasteiger partial charge in [-0.25, -0.2) is 19.5 Å². The third-order valence-corrected chi connectivity index (χ3v) is 7.04. The van der Waals surface area contributed by atoms with Gasteiger partial charge in [-0.3, -0.25) is 9.09 Å². The van der Waals surface area contributed by atoms with Crippen molar-refractivity contribution in [3.63, 3.8) is 0 Å². The fourth-order valence-corrected chi connectivity index (χ4v) is 5.93. The maximum atomic E-state index is 11.6. The molecule has 2 fully saturated rings. The summed E-state index contributed by atoms with van der Waals surface area (Å²) in [6.07, 6.45) is 0.460. The summed E-state index contributed by atoms with van der Waals surface area (Å²) in [5.41, 5.74) is 6.56. The minimum atomic E-state index is -3.75. The quantitative estimate of drug-likeness (QED) is 0.599. The Hall–Kier alpha value is -1.23. The zero-order valence-corrected chi connectivity index (χ0v) is 12.7. The van der Waals surface area contributed by atoms with Crippen molar-refractivity contribution in [2.45, 2.75) is 23.7 Å². The van der Waals surface area contributed by atoms with Crippen molar-refractivity contribution >= 4 is 35.2 Å². The summed E-state index contributed by atoms with van der Waals surface area (Å²) in [4.78, 5) is 21.6. The lowest BCUT2D eigenvalue weighted by atomic mass is 10.2. The summed E-state index contributed by atoms with van der Waals surface area (Å²) in [5.74, 6) is 0.228. The molecule has 2 aromatic heterocycles. The lowest BCUT2D eigenvalue weighted by molar-refractivity contribution is -0.0463. The molecule has 2 saturated heterocycles. The van der Waals surface area contributed by atoms with E-state index in [0.717, 1.165) is 0 Å². The number of nitrogens with zero attached hydrogens (tertiary/aromatic N) is 4. The number of nitrogen functional groups attached to an aromatic ring is 1. The van der Waals surface area contributed by atoms with Crippen LogP contribution >= 0.6 is 18.2 Å². The Labute approximate surface area is 127 Å². The molecule has 0 saturated carbocycles. The molecule has 0 aromatic carbocycles. The molecule has 2 aromatic rings. The normalized spacial score (nSPS) is 38.3. The Balaban J connectivity index is 1.71. The second-order valence-electron chi connectivity index (χ2n) is 4.97. The molecular weight excluding hydrogens is 333 g/mol. The Kier molecular flexibility index (Phi) is 3.19. The molecule has 118 valence electrons. The third-order valence-electron chi connectivity index (χ3n) is 3.63. The summed E-state index contributed by atoms with van der Waals surface area (Å²) < 4.78 is 23.8. The van der Waals surface area contributed by atoms with Crippen molar-refractivity contribution in [3.8, 4) is 0 Å². The zero-order chi connectivity index (χ0) is 15.5. The molecule has 4 N–H and O–H groups in total.